The number of fused-ring (bicyclic) bond motifs is 5. The molecule has 8 aromatic rings. The second-order valence-corrected chi connectivity index (χ2v) is 28.8. The molecule has 1 spiro atoms. The molecule has 6 aliphatic heterocycles. The summed E-state index contributed by atoms with van der Waals surface area (Å²) in [7, 11) is -3.80. The van der Waals surface area contributed by atoms with Gasteiger partial charge >= 0.3 is 12.0 Å². The predicted octanol–water partition coefficient (Wildman–Crippen LogP) is 11.5. The van der Waals surface area contributed by atoms with E-state index in [4.69, 9.17) is 34.4 Å². The fourth-order valence-corrected chi connectivity index (χ4v) is 17.7. The molecule has 4 aromatic carbocycles. The van der Waals surface area contributed by atoms with Crippen LogP contribution in [0.1, 0.15) is 121 Å². The summed E-state index contributed by atoms with van der Waals surface area (Å²) in [5.74, 6) is -2.06. The second-order valence-electron chi connectivity index (χ2n) is 27.3. The Balaban J connectivity index is 0.792. The summed E-state index contributed by atoms with van der Waals surface area (Å²) in [4.78, 5) is 37.2. The van der Waals surface area contributed by atoms with Gasteiger partial charge in [0, 0.05) is 87.2 Å². The number of aryl methyl sites for hydroxylation is 2. The zero-order valence-electron chi connectivity index (χ0n) is 51.9. The average molecular weight is 1280 g/mol. The first-order chi connectivity index (χ1) is 44.3. The minimum absolute atomic E-state index is 0.0000310. The number of halogens is 5. The molecule has 7 aliphatic rings. The molecule has 10 heterocycles. The number of alkyl halides is 1. The lowest BCUT2D eigenvalue weighted by atomic mass is 9.88. The lowest BCUT2D eigenvalue weighted by molar-refractivity contribution is 0.0848. The first-order valence-electron chi connectivity index (χ1n) is 32.7. The number of ether oxygens (including phenoxy) is 2. The predicted molar refractivity (Wildman–Crippen MR) is 341 cm³/mol. The highest BCUT2D eigenvalue weighted by Crippen LogP contribution is 2.53. The first-order valence-corrected chi connectivity index (χ1v) is 34.1. The van der Waals surface area contributed by atoms with Crippen LogP contribution < -0.4 is 28.7 Å². The molecule has 1 saturated carbocycles. The molecule has 5 atom stereocenters. The number of hydrogen-bond acceptors (Lipinski definition) is 16. The van der Waals surface area contributed by atoms with Gasteiger partial charge in [0.2, 0.25) is 0 Å². The third-order valence-corrected chi connectivity index (χ3v) is 22.1. The lowest BCUT2D eigenvalue weighted by Crippen LogP contribution is -2.56. The van der Waals surface area contributed by atoms with Crippen LogP contribution in [0.2, 0.25) is 0 Å². The van der Waals surface area contributed by atoms with Gasteiger partial charge in [-0.25, -0.2) is 26.7 Å². The van der Waals surface area contributed by atoms with Crippen LogP contribution in [0.5, 0.6) is 23.5 Å². The van der Waals surface area contributed by atoms with E-state index in [2.05, 4.69) is 31.2 Å². The number of piperidine rings is 3. The largest absolute Gasteiger partial charge is 0.508 e. The molecular formula is C68H75F5N12O6S. The van der Waals surface area contributed by atoms with Gasteiger partial charge in [-0.1, -0.05) is 33.3 Å². The van der Waals surface area contributed by atoms with Crippen molar-refractivity contribution in [2.24, 2.45) is 11.3 Å². The normalized spacial score (nSPS) is 24.8. The van der Waals surface area contributed by atoms with E-state index in [-0.39, 0.29) is 125 Å². The summed E-state index contributed by atoms with van der Waals surface area (Å²) in [6.45, 7) is 11.0. The number of hydrogen-bond donors (Lipinski definition) is 4. The van der Waals surface area contributed by atoms with E-state index < -0.39 is 56.8 Å². The van der Waals surface area contributed by atoms with Crippen molar-refractivity contribution in [3.8, 4) is 46.0 Å². The molecule has 4 N–H and O–H groups in total. The van der Waals surface area contributed by atoms with E-state index in [1.54, 1.807) is 19.2 Å². The summed E-state index contributed by atoms with van der Waals surface area (Å²) < 4.78 is 129. The number of nitrogens with zero attached hydrogens (tertiary/aromatic N) is 10. The summed E-state index contributed by atoms with van der Waals surface area (Å²) in [6, 6.07) is 9.18. The molecule has 4 aromatic heterocycles. The summed E-state index contributed by atoms with van der Waals surface area (Å²) in [6.07, 6.45) is 11.5. The zero-order chi connectivity index (χ0) is 63.6. The highest BCUT2D eigenvalue weighted by atomic mass is 32.2. The van der Waals surface area contributed by atoms with E-state index in [1.807, 2.05) is 16.7 Å². The van der Waals surface area contributed by atoms with Gasteiger partial charge in [0.15, 0.2) is 11.6 Å². The van der Waals surface area contributed by atoms with Crippen LogP contribution >= 0.6 is 0 Å². The third-order valence-electron chi connectivity index (χ3n) is 20.9. The second kappa shape index (κ2) is 23.3. The fourth-order valence-electron chi connectivity index (χ4n) is 16.3. The van der Waals surface area contributed by atoms with E-state index in [9.17, 15) is 18.6 Å². The van der Waals surface area contributed by atoms with Crippen molar-refractivity contribution in [1.82, 2.24) is 49.1 Å². The van der Waals surface area contributed by atoms with Gasteiger partial charge in [0.1, 0.15) is 70.0 Å². The van der Waals surface area contributed by atoms with Crippen molar-refractivity contribution in [3.05, 3.63) is 94.8 Å². The Kier molecular flexibility index (Phi) is 15.4. The van der Waals surface area contributed by atoms with Gasteiger partial charge in [-0.2, -0.15) is 33.1 Å². The van der Waals surface area contributed by atoms with Crippen LogP contribution in [-0.4, -0.2) is 148 Å². The Labute approximate surface area is 530 Å². The summed E-state index contributed by atoms with van der Waals surface area (Å²) in [5.41, 5.74) is -1.24. The average Bonchev–Trinajstić information content (AvgIpc) is 1.19. The van der Waals surface area contributed by atoms with Crippen molar-refractivity contribution in [1.29, 1.82) is 0 Å². The van der Waals surface area contributed by atoms with E-state index in [1.165, 1.54) is 61.9 Å². The van der Waals surface area contributed by atoms with Crippen LogP contribution in [0.25, 0.3) is 65.9 Å². The molecule has 24 heteroatoms. The Morgan fingerprint density at radius 3 is 2.00 bits per heavy atom. The third kappa shape index (κ3) is 10.8. The Morgan fingerprint density at radius 1 is 0.685 bits per heavy atom. The highest BCUT2D eigenvalue weighted by molar-refractivity contribution is 7.87. The molecule has 0 radical (unpaired) electrons. The van der Waals surface area contributed by atoms with E-state index in [0.717, 1.165) is 45.3 Å². The molecule has 6 saturated heterocycles. The van der Waals surface area contributed by atoms with Crippen LogP contribution in [0.4, 0.5) is 33.6 Å². The Hall–Kier alpha value is -7.38. The minimum atomic E-state index is -3.80. The maximum atomic E-state index is 18.0. The monoisotopic (exact) mass is 1280 g/mol. The minimum Gasteiger partial charge on any atom is -0.508 e. The number of aromatic hydroxyl groups is 2. The molecule has 484 valence electrons. The lowest BCUT2D eigenvalue weighted by Gasteiger charge is -2.40. The maximum absolute atomic E-state index is 18.0. The maximum Gasteiger partial charge on any atom is 0.319 e. The first kappa shape index (κ1) is 60.8. The van der Waals surface area contributed by atoms with Crippen molar-refractivity contribution in [3.63, 3.8) is 0 Å². The van der Waals surface area contributed by atoms with E-state index >= 15 is 22.0 Å². The van der Waals surface area contributed by atoms with Gasteiger partial charge in [0.25, 0.3) is 10.2 Å². The molecule has 0 bridgehead atoms. The van der Waals surface area contributed by atoms with Gasteiger partial charge in [-0.05, 0) is 171 Å². The number of anilines is 2. The van der Waals surface area contributed by atoms with Gasteiger partial charge in [-0.3, -0.25) is 14.9 Å². The number of likely N-dealkylation sites (tertiary alicyclic amines) is 1. The summed E-state index contributed by atoms with van der Waals surface area (Å²) in [5, 5.41) is 25.0. The van der Waals surface area contributed by atoms with Gasteiger partial charge in [0.05, 0.1) is 28.5 Å². The number of benzene rings is 4. The molecule has 2 unspecified atom stereocenters. The molecule has 0 amide bonds. The highest BCUT2D eigenvalue weighted by Gasteiger charge is 2.55. The van der Waals surface area contributed by atoms with Crippen LogP contribution in [0, 0.1) is 34.6 Å². The molecule has 18 nitrogen and oxygen atoms in total. The molecule has 92 heavy (non-hydrogen) atoms. The number of nitrogens with one attached hydrogen (secondary N) is 2. The van der Waals surface area contributed by atoms with Gasteiger partial charge in [-0.15, -0.1) is 0 Å². The Morgan fingerprint density at radius 2 is 1.34 bits per heavy atom. The number of rotatable bonds is 15. The molecule has 1 aliphatic carbocycles. The molecule has 7 fully saturated rings. The van der Waals surface area contributed by atoms with E-state index in [0.29, 0.717) is 102 Å². The smallest absolute Gasteiger partial charge is 0.319 e. The van der Waals surface area contributed by atoms with Crippen molar-refractivity contribution in [2.45, 2.75) is 134 Å². The topological polar surface area (TPSA) is 207 Å². The Bertz CT molecular complexity index is 4410. The zero-order valence-corrected chi connectivity index (χ0v) is 52.7. The van der Waals surface area contributed by atoms with Crippen molar-refractivity contribution < 1.29 is 50.1 Å². The van der Waals surface area contributed by atoms with Crippen LogP contribution in [0.15, 0.2) is 54.9 Å². The standard InChI is InChI=1S/C68H75F5N12O6S/c1-4-43-51(70)13-12-39-23-41(86)25-47(54(39)43)58-56(72)61-50(30-74-58)63(84-22-10-15-67(35-84)33-76-92(88,89)81-67)80-65(78-61)91-37-68-16-14-53(85(68)32-40(69)28-68)45-27-52(71)44(5-2)55-46(45)24-42(87)26-48(55)59-57(73)60-49(29-75-59)62(83-21-9-11-38(3)31-83)79-64(77-60)90-36-66(17-18-66)34-82-19-7-6-8-20-82/h12-13,23-27,29-30,38,40,53,76,81,86-87H,4-11,14-22,28,31-37H2,1-3H3/t38-,40+,53?,67?,68-/m0/s1. The van der Waals surface area contributed by atoms with Crippen molar-refractivity contribution in [2.75, 3.05) is 81.9 Å². The van der Waals surface area contributed by atoms with Crippen molar-refractivity contribution >= 4 is 65.2 Å². The molecular weight excluding hydrogens is 1210 g/mol. The number of phenols is 2. The van der Waals surface area contributed by atoms with Crippen LogP contribution in [0.3, 0.4) is 0 Å². The SMILES string of the molecule is CCc1c(F)ccc2cc(O)cc(-c3ncc4c(N5CCCC6(CNS(=O)(=O)N6)C5)nc(OC[C@@]56CCC(c7cc(F)c(CC)c8c(-c9ncc%10c(N%11CCC[C@H](C)C%11)nc(OCC%11(CN%12CCCCC%12)CC%11)nc%10c9F)cc(O)cc78)N5C[C@H](F)C6)nc4c3F)c12. The summed E-state index contributed by atoms with van der Waals surface area (Å²) >= 11 is 0. The fraction of sp³-hybridized carbons (Fsp3) is 0.500. The van der Waals surface area contributed by atoms with Gasteiger partial charge < -0.3 is 34.4 Å². The number of aromatic nitrogens is 6. The quantitative estimate of drug-likeness (QED) is 0.0704. The number of pyridine rings is 2. The van der Waals surface area contributed by atoms with Crippen LogP contribution in [-0.2, 0) is 23.1 Å². The molecule has 15 rings (SSSR count). The number of phenolic OH excluding ortho intramolecular Hbond substituents is 2.